The van der Waals surface area contributed by atoms with Gasteiger partial charge in [0.1, 0.15) is 0 Å². The molecule has 5 atom stereocenters. The fourth-order valence-corrected chi connectivity index (χ4v) is 4.42. The average Bonchev–Trinajstić information content (AvgIpc) is 2.96. The van der Waals surface area contributed by atoms with Crippen molar-refractivity contribution >= 4 is 0 Å². The molecule has 0 spiro atoms. The van der Waals surface area contributed by atoms with Crippen molar-refractivity contribution in [1.82, 2.24) is 10.2 Å². The van der Waals surface area contributed by atoms with Gasteiger partial charge in [-0.25, -0.2) is 0 Å². The van der Waals surface area contributed by atoms with Crippen LogP contribution in [0.25, 0.3) is 0 Å². The van der Waals surface area contributed by atoms with E-state index >= 15 is 0 Å². The highest BCUT2D eigenvalue weighted by Gasteiger charge is 2.40. The number of fused-ring (bicyclic) bond motifs is 1. The summed E-state index contributed by atoms with van der Waals surface area (Å²) in [5, 5.41) is 3.78. The Balaban J connectivity index is 1.53. The number of likely N-dealkylation sites (tertiary alicyclic amines) is 1. The summed E-state index contributed by atoms with van der Waals surface area (Å²) in [4.78, 5) is 2.69. The van der Waals surface area contributed by atoms with Gasteiger partial charge in [-0.15, -0.1) is 0 Å². The Kier molecular flexibility index (Phi) is 3.92. The maximum atomic E-state index is 5.51. The minimum atomic E-state index is 0.493. The van der Waals surface area contributed by atoms with Gasteiger partial charge in [-0.05, 0) is 51.0 Å². The lowest BCUT2D eigenvalue weighted by molar-refractivity contribution is 0.0116. The minimum Gasteiger partial charge on any atom is -0.381 e. The molecule has 0 bridgehead atoms. The standard InChI is InChI=1S/C15H28N2O/c1-11-8-13(18-2)6-7-17(11)10-15-14-5-3-4-12(14)9-16-15/h11-16H,3-10H2,1-2H3. The van der Waals surface area contributed by atoms with E-state index in [0.717, 1.165) is 17.9 Å². The molecule has 2 heterocycles. The summed E-state index contributed by atoms with van der Waals surface area (Å²) in [5.74, 6) is 1.96. The molecule has 18 heavy (non-hydrogen) atoms. The zero-order chi connectivity index (χ0) is 12.5. The Hall–Kier alpha value is -0.120. The van der Waals surface area contributed by atoms with E-state index in [1.807, 2.05) is 7.11 Å². The predicted octanol–water partition coefficient (Wildman–Crippen LogP) is 1.87. The van der Waals surface area contributed by atoms with Gasteiger partial charge in [0.25, 0.3) is 0 Å². The predicted molar refractivity (Wildman–Crippen MR) is 73.7 cm³/mol. The van der Waals surface area contributed by atoms with Crippen molar-refractivity contribution in [2.24, 2.45) is 11.8 Å². The molecule has 3 rings (SSSR count). The molecule has 3 heteroatoms. The smallest absolute Gasteiger partial charge is 0.0598 e. The fraction of sp³-hybridized carbons (Fsp3) is 1.00. The molecule has 1 N–H and O–H groups in total. The maximum absolute atomic E-state index is 5.51. The quantitative estimate of drug-likeness (QED) is 0.830. The van der Waals surface area contributed by atoms with Gasteiger partial charge in [0, 0.05) is 32.3 Å². The largest absolute Gasteiger partial charge is 0.381 e. The number of rotatable bonds is 3. The van der Waals surface area contributed by atoms with Gasteiger partial charge in [0.2, 0.25) is 0 Å². The van der Waals surface area contributed by atoms with Gasteiger partial charge < -0.3 is 10.1 Å². The molecular weight excluding hydrogens is 224 g/mol. The van der Waals surface area contributed by atoms with Crippen LogP contribution in [0.2, 0.25) is 0 Å². The van der Waals surface area contributed by atoms with Crippen molar-refractivity contribution in [3.63, 3.8) is 0 Å². The Morgan fingerprint density at radius 1 is 1.28 bits per heavy atom. The van der Waals surface area contributed by atoms with Crippen LogP contribution in [0.1, 0.15) is 39.0 Å². The average molecular weight is 252 g/mol. The Morgan fingerprint density at radius 3 is 2.94 bits per heavy atom. The van der Waals surface area contributed by atoms with Crippen LogP contribution >= 0.6 is 0 Å². The first-order chi connectivity index (χ1) is 8.78. The summed E-state index contributed by atoms with van der Waals surface area (Å²) in [7, 11) is 1.86. The van der Waals surface area contributed by atoms with Crippen molar-refractivity contribution in [3.05, 3.63) is 0 Å². The van der Waals surface area contributed by atoms with Gasteiger partial charge >= 0.3 is 0 Å². The Morgan fingerprint density at radius 2 is 2.17 bits per heavy atom. The van der Waals surface area contributed by atoms with E-state index in [9.17, 15) is 0 Å². The van der Waals surface area contributed by atoms with Gasteiger partial charge in [-0.1, -0.05) is 6.42 Å². The second-order valence-electron chi connectivity index (χ2n) is 6.60. The lowest BCUT2D eigenvalue weighted by Gasteiger charge is -2.39. The van der Waals surface area contributed by atoms with Crippen LogP contribution in [0, 0.1) is 11.8 Å². The van der Waals surface area contributed by atoms with Gasteiger partial charge in [-0.3, -0.25) is 4.90 Å². The van der Waals surface area contributed by atoms with Crippen LogP contribution in [0.5, 0.6) is 0 Å². The SMILES string of the molecule is COC1CCN(CC2NCC3CCCC32)C(C)C1. The van der Waals surface area contributed by atoms with E-state index in [2.05, 4.69) is 17.1 Å². The van der Waals surface area contributed by atoms with Crippen molar-refractivity contribution in [3.8, 4) is 0 Å². The Labute approximate surface area is 111 Å². The van der Waals surface area contributed by atoms with E-state index in [1.165, 1.54) is 51.7 Å². The van der Waals surface area contributed by atoms with Gasteiger partial charge in [-0.2, -0.15) is 0 Å². The van der Waals surface area contributed by atoms with Crippen molar-refractivity contribution in [2.75, 3.05) is 26.7 Å². The third kappa shape index (κ3) is 2.45. The lowest BCUT2D eigenvalue weighted by atomic mass is 9.92. The zero-order valence-corrected chi connectivity index (χ0v) is 11.9. The van der Waals surface area contributed by atoms with Crippen LogP contribution in [0.3, 0.4) is 0 Å². The number of piperidine rings is 1. The summed E-state index contributed by atoms with van der Waals surface area (Å²) in [6.45, 7) is 6.12. The topological polar surface area (TPSA) is 24.5 Å². The first-order valence-electron chi connectivity index (χ1n) is 7.78. The fourth-order valence-electron chi connectivity index (χ4n) is 4.42. The van der Waals surface area contributed by atoms with Crippen LogP contribution in [-0.2, 0) is 4.74 Å². The van der Waals surface area contributed by atoms with E-state index in [4.69, 9.17) is 4.74 Å². The molecule has 0 aromatic carbocycles. The number of nitrogens with one attached hydrogen (secondary N) is 1. The van der Waals surface area contributed by atoms with E-state index in [-0.39, 0.29) is 0 Å². The van der Waals surface area contributed by atoms with E-state index in [0.29, 0.717) is 12.1 Å². The normalized spacial score (nSPS) is 45.3. The molecule has 0 aromatic heterocycles. The number of nitrogens with zero attached hydrogens (tertiary/aromatic N) is 1. The molecule has 0 radical (unpaired) electrons. The number of methoxy groups -OCH3 is 1. The van der Waals surface area contributed by atoms with Crippen LogP contribution < -0.4 is 5.32 Å². The number of ether oxygens (including phenoxy) is 1. The molecule has 2 aliphatic heterocycles. The monoisotopic (exact) mass is 252 g/mol. The molecule has 1 aliphatic carbocycles. The molecule has 1 saturated carbocycles. The first-order valence-corrected chi connectivity index (χ1v) is 7.78. The second kappa shape index (κ2) is 5.48. The first kappa shape index (κ1) is 12.9. The van der Waals surface area contributed by atoms with E-state index in [1.54, 1.807) is 0 Å². The molecule has 3 aliphatic rings. The van der Waals surface area contributed by atoms with Crippen molar-refractivity contribution in [1.29, 1.82) is 0 Å². The van der Waals surface area contributed by atoms with Gasteiger partial charge in [0.05, 0.1) is 6.10 Å². The molecule has 3 nitrogen and oxygen atoms in total. The summed E-state index contributed by atoms with van der Waals surface area (Å²) < 4.78 is 5.51. The summed E-state index contributed by atoms with van der Waals surface area (Å²) in [6, 6.07) is 1.45. The second-order valence-corrected chi connectivity index (χ2v) is 6.60. The molecule has 3 fully saturated rings. The third-order valence-corrected chi connectivity index (χ3v) is 5.61. The third-order valence-electron chi connectivity index (χ3n) is 5.61. The molecule has 5 unspecified atom stereocenters. The van der Waals surface area contributed by atoms with Crippen LogP contribution in [0.15, 0.2) is 0 Å². The van der Waals surface area contributed by atoms with Crippen LogP contribution in [-0.4, -0.2) is 49.8 Å². The minimum absolute atomic E-state index is 0.493. The summed E-state index contributed by atoms with van der Waals surface area (Å²) >= 11 is 0. The van der Waals surface area contributed by atoms with Crippen LogP contribution in [0.4, 0.5) is 0 Å². The molecule has 0 aromatic rings. The number of hydrogen-bond acceptors (Lipinski definition) is 3. The lowest BCUT2D eigenvalue weighted by Crippen LogP contribution is -2.49. The Bertz CT molecular complexity index is 284. The zero-order valence-electron chi connectivity index (χ0n) is 11.9. The molecule has 104 valence electrons. The highest BCUT2D eigenvalue weighted by Crippen LogP contribution is 2.38. The molecule has 0 amide bonds. The van der Waals surface area contributed by atoms with E-state index < -0.39 is 0 Å². The highest BCUT2D eigenvalue weighted by molar-refractivity contribution is 4.96. The molecular formula is C15H28N2O. The summed E-state index contributed by atoms with van der Waals surface area (Å²) in [6.07, 6.45) is 7.31. The highest BCUT2D eigenvalue weighted by atomic mass is 16.5. The maximum Gasteiger partial charge on any atom is 0.0598 e. The summed E-state index contributed by atoms with van der Waals surface area (Å²) in [5.41, 5.74) is 0. The van der Waals surface area contributed by atoms with Crippen molar-refractivity contribution in [2.45, 2.75) is 57.2 Å². The number of hydrogen-bond donors (Lipinski definition) is 1. The van der Waals surface area contributed by atoms with Gasteiger partial charge in [0.15, 0.2) is 0 Å². The molecule has 2 saturated heterocycles. The van der Waals surface area contributed by atoms with Crippen molar-refractivity contribution < 1.29 is 4.74 Å².